The number of rotatable bonds is 4. The van der Waals surface area contributed by atoms with E-state index < -0.39 is 0 Å². The summed E-state index contributed by atoms with van der Waals surface area (Å²) in [5.41, 5.74) is 1.14. The Bertz CT molecular complexity index is 1360. The van der Waals surface area contributed by atoms with Gasteiger partial charge in [-0.2, -0.15) is 5.26 Å². The summed E-state index contributed by atoms with van der Waals surface area (Å²) in [6.07, 6.45) is 1.76. The fraction of sp³-hybridized carbons (Fsp3) is 0.240. The molecule has 0 spiro atoms. The van der Waals surface area contributed by atoms with E-state index in [-0.39, 0.29) is 17.0 Å². The first-order chi connectivity index (χ1) is 16.0. The Balaban J connectivity index is 1.89. The fourth-order valence-electron chi connectivity index (χ4n) is 3.78. The van der Waals surface area contributed by atoms with Gasteiger partial charge in [0.2, 0.25) is 0 Å². The second-order valence-corrected chi connectivity index (χ2v) is 9.12. The summed E-state index contributed by atoms with van der Waals surface area (Å²) in [6.45, 7) is 5.68. The average molecular weight is 479 g/mol. The van der Waals surface area contributed by atoms with Gasteiger partial charge >= 0.3 is 0 Å². The number of nitriles is 1. The van der Waals surface area contributed by atoms with Crippen LogP contribution in [0.4, 0.5) is 0 Å². The molecule has 1 fully saturated rings. The molecule has 4 rings (SSSR count). The van der Waals surface area contributed by atoms with Crippen molar-refractivity contribution >= 4 is 40.5 Å². The summed E-state index contributed by atoms with van der Waals surface area (Å²) < 4.78 is 2.25. The molecule has 0 bridgehead atoms. The van der Waals surface area contributed by atoms with E-state index in [1.807, 2.05) is 30.3 Å². The lowest BCUT2D eigenvalue weighted by Crippen LogP contribution is -2.49. The third-order valence-electron chi connectivity index (χ3n) is 5.65. The number of halogens is 1. The first-order valence-corrected chi connectivity index (χ1v) is 11.9. The second-order valence-electron chi connectivity index (χ2n) is 7.66. The van der Waals surface area contributed by atoms with Crippen LogP contribution in [0, 0.1) is 11.3 Å². The van der Waals surface area contributed by atoms with Crippen molar-refractivity contribution in [1.29, 1.82) is 5.26 Å². The number of para-hydroxylation sites is 1. The topological polar surface area (TPSA) is 69.3 Å². The van der Waals surface area contributed by atoms with E-state index in [9.17, 15) is 14.9 Å². The largest absolute Gasteiger partial charge is 0.335 e. The van der Waals surface area contributed by atoms with Crippen molar-refractivity contribution in [2.45, 2.75) is 6.92 Å². The standard InChI is InChI=1S/C25H23ClN4O2S/c1-2-28-12-14-29(15-13-28)23(31)21(17-27)25-30(20-6-4-3-5-7-20)24(32)22(33-25)16-18-8-10-19(26)11-9-18/h3-11,16H,2,12-15H2,1H3/b22-16-,25-21+. The summed E-state index contributed by atoms with van der Waals surface area (Å²) in [6, 6.07) is 18.3. The molecule has 2 aromatic carbocycles. The molecule has 1 aliphatic rings. The predicted octanol–water partition coefficient (Wildman–Crippen LogP) is 2.22. The van der Waals surface area contributed by atoms with Gasteiger partial charge in [-0.05, 0) is 42.4 Å². The zero-order valence-electron chi connectivity index (χ0n) is 18.2. The van der Waals surface area contributed by atoms with Gasteiger partial charge in [-0.3, -0.25) is 14.2 Å². The highest BCUT2D eigenvalue weighted by atomic mass is 35.5. The van der Waals surface area contributed by atoms with Gasteiger partial charge in [0.25, 0.3) is 11.5 Å². The monoisotopic (exact) mass is 478 g/mol. The lowest BCUT2D eigenvalue weighted by Gasteiger charge is -2.33. The van der Waals surface area contributed by atoms with Crippen LogP contribution in [-0.2, 0) is 4.79 Å². The lowest BCUT2D eigenvalue weighted by atomic mass is 10.2. The number of piperazine rings is 1. The number of amides is 1. The molecule has 1 aliphatic heterocycles. The van der Waals surface area contributed by atoms with Gasteiger partial charge in [0.05, 0.1) is 10.2 Å². The number of likely N-dealkylation sites (N-methyl/N-ethyl adjacent to an activating group) is 1. The molecule has 1 aromatic heterocycles. The molecule has 6 nitrogen and oxygen atoms in total. The molecule has 33 heavy (non-hydrogen) atoms. The summed E-state index contributed by atoms with van der Waals surface area (Å²) >= 11 is 7.14. The van der Waals surface area contributed by atoms with E-state index >= 15 is 0 Å². The Hall–Kier alpha value is -3.18. The molecular weight excluding hydrogens is 456 g/mol. The van der Waals surface area contributed by atoms with Crippen molar-refractivity contribution in [1.82, 2.24) is 14.4 Å². The number of carbonyl (C=O) groups excluding carboxylic acids is 1. The van der Waals surface area contributed by atoms with E-state index in [0.29, 0.717) is 33.0 Å². The average Bonchev–Trinajstić information content (AvgIpc) is 3.16. The number of nitrogens with zero attached hydrogens (tertiary/aromatic N) is 4. The maximum Gasteiger partial charge on any atom is 0.273 e. The van der Waals surface area contributed by atoms with Crippen LogP contribution in [0.1, 0.15) is 12.5 Å². The molecule has 1 amide bonds. The quantitative estimate of drug-likeness (QED) is 0.576. The Morgan fingerprint density at radius 2 is 1.76 bits per heavy atom. The predicted molar refractivity (Wildman–Crippen MR) is 132 cm³/mol. The van der Waals surface area contributed by atoms with Crippen molar-refractivity contribution in [3.05, 3.63) is 84.7 Å². The van der Waals surface area contributed by atoms with Crippen LogP contribution in [0.25, 0.3) is 17.3 Å². The Kier molecular flexibility index (Phi) is 7.09. The summed E-state index contributed by atoms with van der Waals surface area (Å²) in [7, 11) is 0. The molecule has 2 heterocycles. The number of carbonyl (C=O) groups is 1. The van der Waals surface area contributed by atoms with Gasteiger partial charge in [-0.1, -0.05) is 48.9 Å². The summed E-state index contributed by atoms with van der Waals surface area (Å²) in [5, 5.41) is 10.6. The molecule has 0 saturated carbocycles. The highest BCUT2D eigenvalue weighted by molar-refractivity contribution is 7.07. The minimum atomic E-state index is -0.336. The number of hydrogen-bond acceptors (Lipinski definition) is 5. The highest BCUT2D eigenvalue weighted by Gasteiger charge is 2.25. The maximum atomic E-state index is 13.4. The second kappa shape index (κ2) is 10.2. The molecule has 0 aliphatic carbocycles. The van der Waals surface area contributed by atoms with Gasteiger partial charge in [0, 0.05) is 31.2 Å². The summed E-state index contributed by atoms with van der Waals surface area (Å²) in [5.74, 6) is -0.336. The van der Waals surface area contributed by atoms with Crippen molar-refractivity contribution in [3.63, 3.8) is 0 Å². The number of thiazole rings is 1. The molecule has 3 aromatic rings. The smallest absolute Gasteiger partial charge is 0.273 e. The van der Waals surface area contributed by atoms with Crippen LogP contribution in [0.2, 0.25) is 5.02 Å². The van der Waals surface area contributed by atoms with Crippen LogP contribution in [0.5, 0.6) is 0 Å². The van der Waals surface area contributed by atoms with Crippen LogP contribution >= 0.6 is 22.9 Å². The van der Waals surface area contributed by atoms with Crippen molar-refractivity contribution in [2.75, 3.05) is 32.7 Å². The molecule has 0 N–H and O–H groups in total. The third kappa shape index (κ3) is 4.93. The Morgan fingerprint density at radius 3 is 2.36 bits per heavy atom. The third-order valence-corrected chi connectivity index (χ3v) is 7.00. The first kappa shape index (κ1) is 23.0. The van der Waals surface area contributed by atoms with Gasteiger partial charge in [0.15, 0.2) is 5.57 Å². The van der Waals surface area contributed by atoms with Gasteiger partial charge in [-0.25, -0.2) is 0 Å². The number of hydrogen-bond donors (Lipinski definition) is 0. The van der Waals surface area contributed by atoms with Crippen LogP contribution in [-0.4, -0.2) is 53.0 Å². The molecular formula is C25H23ClN4O2S. The van der Waals surface area contributed by atoms with Gasteiger partial charge in [0.1, 0.15) is 10.7 Å². The zero-order chi connectivity index (χ0) is 23.4. The van der Waals surface area contributed by atoms with E-state index in [1.54, 1.807) is 35.2 Å². The van der Waals surface area contributed by atoms with E-state index in [0.717, 1.165) is 36.5 Å². The molecule has 0 atom stereocenters. The van der Waals surface area contributed by atoms with Crippen molar-refractivity contribution in [2.24, 2.45) is 0 Å². The highest BCUT2D eigenvalue weighted by Crippen LogP contribution is 2.11. The van der Waals surface area contributed by atoms with Crippen LogP contribution in [0.15, 0.2) is 59.4 Å². The van der Waals surface area contributed by atoms with Gasteiger partial charge in [-0.15, -0.1) is 11.3 Å². The molecule has 0 radical (unpaired) electrons. The van der Waals surface area contributed by atoms with Crippen molar-refractivity contribution in [3.8, 4) is 11.8 Å². The van der Waals surface area contributed by atoms with Crippen LogP contribution < -0.4 is 14.8 Å². The Morgan fingerprint density at radius 1 is 1.09 bits per heavy atom. The number of benzene rings is 2. The summed E-state index contributed by atoms with van der Waals surface area (Å²) in [4.78, 5) is 30.7. The van der Waals surface area contributed by atoms with Gasteiger partial charge < -0.3 is 9.80 Å². The number of aromatic nitrogens is 1. The lowest BCUT2D eigenvalue weighted by molar-refractivity contribution is -0.126. The molecule has 8 heteroatoms. The normalized spacial score (nSPS) is 15.9. The fourth-order valence-corrected chi connectivity index (χ4v) is 5.01. The molecule has 1 saturated heterocycles. The van der Waals surface area contributed by atoms with E-state index in [2.05, 4.69) is 17.9 Å². The molecule has 0 unspecified atom stereocenters. The minimum Gasteiger partial charge on any atom is -0.335 e. The van der Waals surface area contributed by atoms with Crippen LogP contribution in [0.3, 0.4) is 0 Å². The Labute approximate surface area is 200 Å². The first-order valence-electron chi connectivity index (χ1n) is 10.7. The molecule has 168 valence electrons. The zero-order valence-corrected chi connectivity index (χ0v) is 19.8. The van der Waals surface area contributed by atoms with E-state index in [1.165, 1.54) is 4.57 Å². The minimum absolute atomic E-state index is 0.0124. The van der Waals surface area contributed by atoms with Crippen molar-refractivity contribution < 1.29 is 4.79 Å². The van der Waals surface area contributed by atoms with E-state index in [4.69, 9.17) is 11.6 Å². The SMILES string of the molecule is CCN1CCN(C(=O)/C(C#N)=c2/s/c(=C\c3ccc(Cl)cc3)c(=O)n2-c2ccccc2)CC1. The maximum absolute atomic E-state index is 13.4.